The molecule has 0 radical (unpaired) electrons. The molecule has 0 aliphatic rings. The van der Waals surface area contributed by atoms with Crippen LogP contribution >= 0.6 is 0 Å². The van der Waals surface area contributed by atoms with E-state index in [4.69, 9.17) is 10.5 Å². The molecule has 1 rings (SSSR count). The zero-order valence-electron chi connectivity index (χ0n) is 12.7. The highest BCUT2D eigenvalue weighted by atomic mass is 16.5. The van der Waals surface area contributed by atoms with Gasteiger partial charge in [-0.1, -0.05) is 50.1 Å². The van der Waals surface area contributed by atoms with Gasteiger partial charge in [0.05, 0.1) is 13.2 Å². The third kappa shape index (κ3) is 5.95. The average molecular weight is 292 g/mol. The second-order valence-electron chi connectivity index (χ2n) is 5.02. The van der Waals surface area contributed by atoms with Gasteiger partial charge in [-0.25, -0.2) is 4.79 Å². The lowest BCUT2D eigenvalue weighted by Crippen LogP contribution is -2.49. The molecule has 116 valence electrons. The molecule has 0 saturated heterocycles. The van der Waals surface area contributed by atoms with E-state index in [1.165, 1.54) is 7.11 Å². The van der Waals surface area contributed by atoms with E-state index in [9.17, 15) is 9.59 Å². The van der Waals surface area contributed by atoms with Gasteiger partial charge in [0.1, 0.15) is 6.04 Å². The minimum Gasteiger partial charge on any atom is -0.467 e. The van der Waals surface area contributed by atoms with Crippen molar-refractivity contribution in [1.29, 1.82) is 0 Å². The molecule has 5 nitrogen and oxygen atoms in total. The SMILES string of the molecule is CCCC[C@H](N)C(=O)NC(Cc1ccccc1)C(=O)OC. The fourth-order valence-corrected chi connectivity index (χ4v) is 2.02. The molecule has 1 unspecified atom stereocenters. The van der Waals surface area contributed by atoms with Gasteiger partial charge < -0.3 is 15.8 Å². The Balaban J connectivity index is 2.66. The number of esters is 1. The molecule has 1 aromatic rings. The van der Waals surface area contributed by atoms with E-state index >= 15 is 0 Å². The monoisotopic (exact) mass is 292 g/mol. The first kappa shape index (κ1) is 17.2. The van der Waals surface area contributed by atoms with Crippen molar-refractivity contribution in [2.45, 2.75) is 44.7 Å². The van der Waals surface area contributed by atoms with Crippen molar-refractivity contribution < 1.29 is 14.3 Å². The Morgan fingerprint density at radius 3 is 2.52 bits per heavy atom. The van der Waals surface area contributed by atoms with Crippen LogP contribution in [-0.4, -0.2) is 31.1 Å². The Kier molecular flexibility index (Phi) is 7.46. The van der Waals surface area contributed by atoms with Gasteiger partial charge in [-0.3, -0.25) is 4.79 Å². The van der Waals surface area contributed by atoms with Crippen molar-refractivity contribution in [1.82, 2.24) is 5.32 Å². The first-order chi connectivity index (χ1) is 10.1. The van der Waals surface area contributed by atoms with Crippen LogP contribution in [-0.2, 0) is 20.7 Å². The van der Waals surface area contributed by atoms with Gasteiger partial charge in [0.25, 0.3) is 0 Å². The van der Waals surface area contributed by atoms with E-state index < -0.39 is 18.1 Å². The molecule has 0 fully saturated rings. The first-order valence-electron chi connectivity index (χ1n) is 7.26. The maximum absolute atomic E-state index is 12.0. The summed E-state index contributed by atoms with van der Waals surface area (Å²) >= 11 is 0. The van der Waals surface area contributed by atoms with Gasteiger partial charge in [0.2, 0.25) is 5.91 Å². The molecule has 1 aromatic carbocycles. The van der Waals surface area contributed by atoms with Crippen LogP contribution in [0.2, 0.25) is 0 Å². The molecule has 2 atom stereocenters. The number of rotatable bonds is 8. The molecule has 0 aromatic heterocycles. The molecule has 3 N–H and O–H groups in total. The lowest BCUT2D eigenvalue weighted by atomic mass is 10.0. The Morgan fingerprint density at radius 2 is 1.95 bits per heavy atom. The number of unbranched alkanes of at least 4 members (excludes halogenated alkanes) is 1. The van der Waals surface area contributed by atoms with Crippen molar-refractivity contribution in [3.63, 3.8) is 0 Å². The van der Waals surface area contributed by atoms with Crippen LogP contribution in [0.3, 0.4) is 0 Å². The van der Waals surface area contributed by atoms with Gasteiger partial charge >= 0.3 is 5.97 Å². The molecule has 0 aliphatic heterocycles. The predicted molar refractivity (Wildman–Crippen MR) is 81.6 cm³/mol. The number of amides is 1. The Labute approximate surface area is 125 Å². The summed E-state index contributed by atoms with van der Waals surface area (Å²) in [6.45, 7) is 2.04. The zero-order chi connectivity index (χ0) is 15.7. The number of nitrogens with one attached hydrogen (secondary N) is 1. The molecule has 21 heavy (non-hydrogen) atoms. The lowest BCUT2D eigenvalue weighted by Gasteiger charge is -2.19. The quantitative estimate of drug-likeness (QED) is 0.710. The van der Waals surface area contributed by atoms with E-state index in [0.717, 1.165) is 18.4 Å². The topological polar surface area (TPSA) is 81.4 Å². The average Bonchev–Trinajstić information content (AvgIpc) is 2.51. The highest BCUT2D eigenvalue weighted by Crippen LogP contribution is 2.06. The van der Waals surface area contributed by atoms with Crippen LogP contribution < -0.4 is 11.1 Å². The van der Waals surface area contributed by atoms with Crippen molar-refractivity contribution >= 4 is 11.9 Å². The molecule has 5 heteroatoms. The second kappa shape index (κ2) is 9.13. The van der Waals surface area contributed by atoms with Crippen molar-refractivity contribution in [2.24, 2.45) is 5.73 Å². The van der Waals surface area contributed by atoms with Crippen LogP contribution in [0.1, 0.15) is 31.7 Å². The summed E-state index contributed by atoms with van der Waals surface area (Å²) < 4.78 is 4.75. The lowest BCUT2D eigenvalue weighted by molar-refractivity contribution is -0.145. The van der Waals surface area contributed by atoms with Crippen molar-refractivity contribution in [3.8, 4) is 0 Å². The van der Waals surface area contributed by atoms with Crippen molar-refractivity contribution in [3.05, 3.63) is 35.9 Å². The van der Waals surface area contributed by atoms with Gasteiger partial charge in [-0.05, 0) is 12.0 Å². The minimum atomic E-state index is -0.711. The minimum absolute atomic E-state index is 0.310. The van der Waals surface area contributed by atoms with Gasteiger partial charge in [-0.15, -0.1) is 0 Å². The highest BCUT2D eigenvalue weighted by Gasteiger charge is 2.24. The number of carbonyl (C=O) groups is 2. The molecule has 0 spiro atoms. The maximum Gasteiger partial charge on any atom is 0.328 e. The van der Waals surface area contributed by atoms with Crippen molar-refractivity contribution in [2.75, 3.05) is 7.11 Å². The van der Waals surface area contributed by atoms with Crippen LogP contribution in [0.15, 0.2) is 30.3 Å². The summed E-state index contributed by atoms with van der Waals surface area (Å²) in [5.41, 5.74) is 6.78. The third-order valence-corrected chi connectivity index (χ3v) is 3.29. The van der Waals surface area contributed by atoms with Gasteiger partial charge in [0, 0.05) is 6.42 Å². The Morgan fingerprint density at radius 1 is 1.29 bits per heavy atom. The smallest absolute Gasteiger partial charge is 0.328 e. The highest BCUT2D eigenvalue weighted by molar-refractivity contribution is 5.87. The van der Waals surface area contributed by atoms with Crippen LogP contribution in [0.4, 0.5) is 0 Å². The maximum atomic E-state index is 12.0. The van der Waals surface area contributed by atoms with Crippen LogP contribution in [0, 0.1) is 0 Å². The second-order valence-corrected chi connectivity index (χ2v) is 5.02. The molecular weight excluding hydrogens is 268 g/mol. The third-order valence-electron chi connectivity index (χ3n) is 3.29. The summed E-state index contributed by atoms with van der Waals surface area (Å²) in [6, 6.07) is 8.18. The van der Waals surface area contributed by atoms with E-state index in [1.807, 2.05) is 37.3 Å². The number of nitrogens with two attached hydrogens (primary N) is 1. The molecular formula is C16H24N2O3. The fraction of sp³-hybridized carbons (Fsp3) is 0.500. The Hall–Kier alpha value is -1.88. The summed E-state index contributed by atoms with van der Waals surface area (Å²) in [4.78, 5) is 23.8. The normalized spacial score (nSPS) is 13.3. The first-order valence-corrected chi connectivity index (χ1v) is 7.26. The summed E-state index contributed by atoms with van der Waals surface area (Å²) in [7, 11) is 1.31. The van der Waals surface area contributed by atoms with E-state index in [2.05, 4.69) is 5.32 Å². The fourth-order valence-electron chi connectivity index (χ4n) is 2.02. The molecule has 0 aliphatic carbocycles. The number of hydrogen-bond donors (Lipinski definition) is 2. The number of ether oxygens (including phenoxy) is 1. The molecule has 0 bridgehead atoms. The number of methoxy groups -OCH3 is 1. The van der Waals surface area contributed by atoms with E-state index in [1.54, 1.807) is 0 Å². The Bertz CT molecular complexity index is 448. The number of carbonyl (C=O) groups excluding carboxylic acids is 2. The molecule has 1 amide bonds. The molecule has 0 heterocycles. The molecule has 0 saturated carbocycles. The summed E-state index contributed by atoms with van der Waals surface area (Å²) in [5.74, 6) is -0.773. The van der Waals surface area contributed by atoms with Gasteiger partial charge in [0.15, 0.2) is 0 Å². The van der Waals surface area contributed by atoms with E-state index in [0.29, 0.717) is 12.8 Å². The largest absolute Gasteiger partial charge is 0.467 e. The number of benzene rings is 1. The van der Waals surface area contributed by atoms with E-state index in [-0.39, 0.29) is 5.91 Å². The standard InChI is InChI=1S/C16H24N2O3/c1-3-4-10-13(17)15(19)18-14(16(20)21-2)11-12-8-6-5-7-9-12/h5-9,13-14H,3-4,10-11,17H2,1-2H3,(H,18,19)/t13-,14?/m0/s1. The predicted octanol–water partition coefficient (Wildman–Crippen LogP) is 1.40. The summed E-state index contributed by atoms with van der Waals surface area (Å²) in [6.07, 6.45) is 2.86. The van der Waals surface area contributed by atoms with Crippen LogP contribution in [0.25, 0.3) is 0 Å². The van der Waals surface area contributed by atoms with Crippen LogP contribution in [0.5, 0.6) is 0 Å². The summed E-state index contributed by atoms with van der Waals surface area (Å²) in [5, 5.41) is 2.69. The number of hydrogen-bond acceptors (Lipinski definition) is 4. The van der Waals surface area contributed by atoms with Gasteiger partial charge in [-0.2, -0.15) is 0 Å². The zero-order valence-corrected chi connectivity index (χ0v) is 12.7.